The maximum absolute atomic E-state index is 8.88. The van der Waals surface area contributed by atoms with Gasteiger partial charge in [-0.1, -0.05) is 0 Å². The van der Waals surface area contributed by atoms with E-state index in [1.165, 1.54) is 0 Å². The van der Waals surface area contributed by atoms with E-state index in [1.807, 2.05) is 0 Å². The molecular formula is H8AlBeO4P. The van der Waals surface area contributed by atoms with Crippen LogP contribution in [0.2, 0.25) is 0 Å². The third-order valence-electron chi connectivity index (χ3n) is 0. The molecule has 0 aromatic rings. The Bertz CT molecular complexity index is 57.8. The van der Waals surface area contributed by atoms with Gasteiger partial charge in [0.2, 0.25) is 0 Å². The molecule has 4 nitrogen and oxygen atoms in total. The maximum atomic E-state index is 8.88. The Labute approximate surface area is 55.1 Å². The van der Waals surface area contributed by atoms with Gasteiger partial charge in [0.15, 0.2) is 17.4 Å². The molecule has 0 bridgehead atoms. The standard InChI is InChI=1S/Al.Be.H3O4P.5H/c;;1-5(2,3)4;;;;;/h;;(H3,1,2,3,4);;;;;. The van der Waals surface area contributed by atoms with Crippen molar-refractivity contribution in [2.45, 2.75) is 0 Å². The molecule has 0 saturated heterocycles. The fourth-order valence-corrected chi connectivity index (χ4v) is 0. The minimum atomic E-state index is -4.64. The summed E-state index contributed by atoms with van der Waals surface area (Å²) in [5.74, 6) is 0. The van der Waals surface area contributed by atoms with E-state index >= 15 is 0 Å². The second kappa shape index (κ2) is 4.96. The summed E-state index contributed by atoms with van der Waals surface area (Å²) < 4.78 is 8.88. The number of phosphoric acid groups is 1. The van der Waals surface area contributed by atoms with Crippen molar-refractivity contribution in [3.05, 3.63) is 0 Å². The van der Waals surface area contributed by atoms with Gasteiger partial charge >= 0.3 is 17.9 Å². The van der Waals surface area contributed by atoms with Gasteiger partial charge in [0.05, 0.1) is 0 Å². The molecule has 0 heterocycles. The fourth-order valence-electron chi connectivity index (χ4n) is 0. The molecule has 0 spiro atoms. The van der Waals surface area contributed by atoms with Crippen LogP contribution in [0.5, 0.6) is 0 Å². The van der Waals surface area contributed by atoms with Gasteiger partial charge in [0, 0.05) is 0 Å². The Balaban J connectivity index is -0.0000000800. The molecule has 0 atom stereocenters. The third kappa shape index (κ3) is 240. The molecule has 0 aromatic carbocycles. The SMILES string of the molecule is O=P(O)(O)O.[AlH3].[BeH2]. The van der Waals surface area contributed by atoms with Crippen molar-refractivity contribution in [3.63, 3.8) is 0 Å². The van der Waals surface area contributed by atoms with Crippen LogP contribution in [0.1, 0.15) is 0 Å². The monoisotopic (exact) mass is 139 g/mol. The van der Waals surface area contributed by atoms with Gasteiger partial charge in [-0.15, -0.1) is 0 Å². The van der Waals surface area contributed by atoms with Crippen LogP contribution in [0.3, 0.4) is 0 Å². The van der Waals surface area contributed by atoms with Crippen molar-refractivity contribution in [3.8, 4) is 0 Å². The summed E-state index contributed by atoms with van der Waals surface area (Å²) in [5.41, 5.74) is 0. The minimum absolute atomic E-state index is 0. The van der Waals surface area contributed by atoms with Crippen molar-refractivity contribution >= 4 is 35.3 Å². The van der Waals surface area contributed by atoms with E-state index < -0.39 is 7.82 Å². The topological polar surface area (TPSA) is 77.8 Å². The quantitative estimate of drug-likeness (QED) is 0.246. The van der Waals surface area contributed by atoms with Crippen LogP contribution in [-0.2, 0) is 4.57 Å². The molecule has 0 unspecified atom stereocenters. The Morgan fingerprint density at radius 1 is 1.14 bits per heavy atom. The predicted octanol–water partition coefficient (Wildman–Crippen LogP) is -3.03. The van der Waals surface area contributed by atoms with Gasteiger partial charge in [-0.3, -0.25) is 0 Å². The van der Waals surface area contributed by atoms with Gasteiger partial charge < -0.3 is 14.7 Å². The van der Waals surface area contributed by atoms with Gasteiger partial charge in [0.1, 0.15) is 0 Å². The summed E-state index contributed by atoms with van der Waals surface area (Å²) >= 11 is 0. The fraction of sp³-hybridized carbons (Fsp3) is 0. The van der Waals surface area contributed by atoms with Crippen molar-refractivity contribution in [1.82, 2.24) is 0 Å². The molecule has 0 radical (unpaired) electrons. The summed E-state index contributed by atoms with van der Waals surface area (Å²) in [6, 6.07) is 0. The molecule has 0 aliphatic carbocycles. The van der Waals surface area contributed by atoms with Crippen LogP contribution in [-0.4, -0.2) is 42.2 Å². The van der Waals surface area contributed by atoms with Crippen LogP contribution in [0.15, 0.2) is 0 Å². The number of hydrogen-bond acceptors (Lipinski definition) is 1. The zero-order chi connectivity index (χ0) is 4.50. The molecule has 7 heteroatoms. The molecule has 42 valence electrons. The molecule has 0 saturated carbocycles. The second-order valence-electron chi connectivity index (χ2n) is 0.513. The summed E-state index contributed by atoms with van der Waals surface area (Å²) in [6.07, 6.45) is 0. The predicted molar refractivity (Wildman–Crippen MR) is 32.7 cm³/mol. The van der Waals surface area contributed by atoms with E-state index in [0.717, 1.165) is 0 Å². The van der Waals surface area contributed by atoms with Gasteiger partial charge in [-0.05, 0) is 0 Å². The van der Waals surface area contributed by atoms with Crippen LogP contribution in [0.25, 0.3) is 0 Å². The van der Waals surface area contributed by atoms with Crippen molar-refractivity contribution in [2.24, 2.45) is 0 Å². The molecule has 0 rings (SSSR count). The van der Waals surface area contributed by atoms with Gasteiger partial charge in [-0.2, -0.15) is 0 Å². The number of rotatable bonds is 0. The van der Waals surface area contributed by atoms with Crippen molar-refractivity contribution < 1.29 is 19.2 Å². The first-order chi connectivity index (χ1) is 2.00. The first-order valence-electron chi connectivity index (χ1n) is 0.783. The Hall–Kier alpha value is 0.811. The average Bonchev–Trinajstić information content (AvgIpc) is 0.722. The van der Waals surface area contributed by atoms with E-state index in [9.17, 15) is 0 Å². The zero-order valence-electron chi connectivity index (χ0n) is 2.20. The van der Waals surface area contributed by atoms with Gasteiger partial charge in [-0.25, -0.2) is 4.57 Å². The summed E-state index contributed by atoms with van der Waals surface area (Å²) in [7, 11) is -4.64. The van der Waals surface area contributed by atoms with Crippen LogP contribution in [0.4, 0.5) is 0 Å². The Morgan fingerprint density at radius 2 is 1.14 bits per heavy atom. The van der Waals surface area contributed by atoms with Crippen LogP contribution in [0, 0.1) is 0 Å². The Kier molecular flexibility index (Phi) is 11.1. The zero-order valence-corrected chi connectivity index (χ0v) is 3.09. The summed E-state index contributed by atoms with van der Waals surface area (Å²) in [5, 5.41) is 0. The van der Waals surface area contributed by atoms with E-state index in [0.29, 0.717) is 0 Å². The average molecular weight is 139 g/mol. The number of hydrogen-bond donors (Lipinski definition) is 3. The first kappa shape index (κ1) is 15.7. The molecule has 3 N–H and O–H groups in total. The third-order valence-corrected chi connectivity index (χ3v) is 0. The van der Waals surface area contributed by atoms with Gasteiger partial charge in [0.25, 0.3) is 0 Å². The summed E-state index contributed by atoms with van der Waals surface area (Å²) in [4.78, 5) is 21.6. The van der Waals surface area contributed by atoms with E-state index in [4.69, 9.17) is 19.2 Å². The van der Waals surface area contributed by atoms with E-state index in [1.54, 1.807) is 0 Å². The molecular weight excluding hydrogens is 131 g/mol. The normalized spacial score (nSPS) is 8.43. The van der Waals surface area contributed by atoms with E-state index in [-0.39, 0.29) is 27.5 Å². The van der Waals surface area contributed by atoms with Crippen LogP contribution < -0.4 is 0 Å². The first-order valence-corrected chi connectivity index (χ1v) is 2.35. The molecule has 0 aliphatic rings. The molecule has 7 heavy (non-hydrogen) atoms. The van der Waals surface area contributed by atoms with Crippen molar-refractivity contribution in [1.29, 1.82) is 0 Å². The van der Waals surface area contributed by atoms with E-state index in [2.05, 4.69) is 0 Å². The molecule has 0 fully saturated rings. The summed E-state index contributed by atoms with van der Waals surface area (Å²) in [6.45, 7) is 0. The van der Waals surface area contributed by atoms with Crippen molar-refractivity contribution in [2.75, 3.05) is 0 Å². The van der Waals surface area contributed by atoms with Crippen LogP contribution >= 0.6 is 7.82 Å². The Morgan fingerprint density at radius 3 is 1.14 bits per heavy atom. The molecule has 0 aromatic heterocycles. The molecule has 0 amide bonds. The second-order valence-corrected chi connectivity index (χ2v) is 1.54. The molecule has 0 aliphatic heterocycles.